The van der Waals surface area contributed by atoms with Crippen molar-refractivity contribution in [3.8, 4) is 5.75 Å². The Morgan fingerprint density at radius 2 is 1.77 bits per heavy atom. The average molecular weight is 310 g/mol. The fourth-order valence-electron chi connectivity index (χ4n) is 1.23. The molecule has 0 bridgehead atoms. The lowest BCUT2D eigenvalue weighted by Crippen LogP contribution is -2.20. The molecule has 7 heteroatoms. The van der Waals surface area contributed by atoms with Crippen molar-refractivity contribution in [2.75, 3.05) is 13.2 Å². The van der Waals surface area contributed by atoms with Crippen LogP contribution in [0.1, 0.15) is 13.3 Å². The van der Waals surface area contributed by atoms with Crippen LogP contribution in [0.3, 0.4) is 0 Å². The Kier molecular flexibility index (Phi) is 6.75. The van der Waals surface area contributed by atoms with Crippen molar-refractivity contribution >= 4 is 17.9 Å². The van der Waals surface area contributed by atoms with Crippen molar-refractivity contribution in [2.45, 2.75) is 13.3 Å². The van der Waals surface area contributed by atoms with E-state index in [1.165, 1.54) is 31.2 Å². The molecule has 1 aromatic rings. The molecule has 0 aliphatic heterocycles. The van der Waals surface area contributed by atoms with Crippen molar-refractivity contribution in [1.82, 2.24) is 0 Å². The zero-order chi connectivity index (χ0) is 16.5. The molecule has 0 radical (unpaired) electrons. The van der Waals surface area contributed by atoms with Gasteiger partial charge in [-0.05, 0) is 31.2 Å². The highest BCUT2D eigenvalue weighted by Crippen LogP contribution is 2.10. The Balaban J connectivity index is 2.23. The second kappa shape index (κ2) is 8.56. The molecule has 6 nitrogen and oxygen atoms in total. The zero-order valence-electron chi connectivity index (χ0n) is 12.0. The van der Waals surface area contributed by atoms with Gasteiger partial charge in [-0.1, -0.05) is 6.58 Å². The summed E-state index contributed by atoms with van der Waals surface area (Å²) in [6, 6.07) is 5.01. The van der Waals surface area contributed by atoms with Gasteiger partial charge in [-0.2, -0.15) is 0 Å². The first kappa shape index (κ1) is 17.4. The monoisotopic (exact) mass is 310 g/mol. The first-order chi connectivity index (χ1) is 10.4. The lowest BCUT2D eigenvalue weighted by molar-refractivity contribution is -0.161. The van der Waals surface area contributed by atoms with Crippen LogP contribution in [0.25, 0.3) is 0 Å². The van der Waals surface area contributed by atoms with Crippen molar-refractivity contribution < 1.29 is 33.0 Å². The van der Waals surface area contributed by atoms with E-state index in [0.29, 0.717) is 0 Å². The Morgan fingerprint density at radius 1 is 1.14 bits per heavy atom. The van der Waals surface area contributed by atoms with E-state index in [1.807, 2.05) is 0 Å². The van der Waals surface area contributed by atoms with Crippen LogP contribution >= 0.6 is 0 Å². The van der Waals surface area contributed by atoms with Gasteiger partial charge in [-0.25, -0.2) is 14.0 Å². The highest BCUT2D eigenvalue weighted by Gasteiger charge is 2.12. The number of ether oxygens (including phenoxy) is 3. The van der Waals surface area contributed by atoms with Crippen LogP contribution < -0.4 is 4.74 Å². The molecule has 0 aliphatic rings. The van der Waals surface area contributed by atoms with Crippen LogP contribution in [-0.2, 0) is 23.9 Å². The quantitative estimate of drug-likeness (QED) is 0.434. The van der Waals surface area contributed by atoms with Gasteiger partial charge in [0.05, 0.1) is 6.42 Å². The third kappa shape index (κ3) is 6.65. The lowest BCUT2D eigenvalue weighted by Gasteiger charge is -2.06. The van der Waals surface area contributed by atoms with E-state index in [4.69, 9.17) is 4.74 Å². The normalized spacial score (nSPS) is 9.73. The minimum absolute atomic E-state index is 0.206. The lowest BCUT2D eigenvalue weighted by atomic mass is 10.3. The molecule has 0 aromatic heterocycles. The summed E-state index contributed by atoms with van der Waals surface area (Å²) < 4.78 is 26.8. The first-order valence-corrected chi connectivity index (χ1v) is 6.33. The van der Waals surface area contributed by atoms with Gasteiger partial charge < -0.3 is 14.2 Å². The number of carbonyl (C=O) groups is 3. The molecule has 1 aromatic carbocycles. The highest BCUT2D eigenvalue weighted by molar-refractivity contribution is 5.88. The summed E-state index contributed by atoms with van der Waals surface area (Å²) in [5.74, 6) is -2.54. The van der Waals surface area contributed by atoms with Crippen LogP contribution in [-0.4, -0.2) is 31.1 Å². The van der Waals surface area contributed by atoms with Crippen LogP contribution in [0.15, 0.2) is 36.4 Å². The molecule has 0 atom stereocenters. The highest BCUT2D eigenvalue weighted by atomic mass is 19.1. The van der Waals surface area contributed by atoms with Gasteiger partial charge in [0.1, 0.15) is 18.2 Å². The maximum Gasteiger partial charge on any atom is 0.351 e. The van der Waals surface area contributed by atoms with E-state index in [-0.39, 0.29) is 24.4 Å². The third-order valence-electron chi connectivity index (χ3n) is 2.29. The van der Waals surface area contributed by atoms with Gasteiger partial charge >= 0.3 is 17.9 Å². The van der Waals surface area contributed by atoms with Gasteiger partial charge in [-0.3, -0.25) is 4.79 Å². The van der Waals surface area contributed by atoms with Crippen LogP contribution in [0, 0.1) is 5.82 Å². The SMILES string of the molecule is C=C(C)C(=O)OCCC(=O)OC(=O)COc1ccc(F)cc1. The average Bonchev–Trinajstić information content (AvgIpc) is 2.46. The molecule has 118 valence electrons. The van der Waals surface area contributed by atoms with E-state index in [2.05, 4.69) is 16.1 Å². The number of carbonyl (C=O) groups excluding carboxylic acids is 3. The molecule has 0 fully saturated rings. The number of hydrogen-bond donors (Lipinski definition) is 0. The zero-order valence-corrected chi connectivity index (χ0v) is 12.0. The second-order valence-electron chi connectivity index (χ2n) is 4.25. The molecule has 0 unspecified atom stereocenters. The third-order valence-corrected chi connectivity index (χ3v) is 2.29. The van der Waals surface area contributed by atoms with Crippen molar-refractivity contribution in [1.29, 1.82) is 0 Å². The fraction of sp³-hybridized carbons (Fsp3) is 0.267. The molecule has 0 saturated heterocycles. The maximum atomic E-state index is 12.6. The second-order valence-corrected chi connectivity index (χ2v) is 4.25. The topological polar surface area (TPSA) is 78.9 Å². The standard InChI is InChI=1S/C15H15FO6/c1-10(2)15(19)20-8-7-13(17)22-14(18)9-21-12-5-3-11(16)4-6-12/h3-6H,1,7-9H2,2H3. The molecular formula is C15H15FO6. The molecule has 0 saturated carbocycles. The van der Waals surface area contributed by atoms with Crippen LogP contribution in [0.5, 0.6) is 5.75 Å². The molecule has 0 amide bonds. The van der Waals surface area contributed by atoms with Gasteiger partial charge in [0.25, 0.3) is 0 Å². The minimum atomic E-state index is -0.902. The summed E-state index contributed by atoms with van der Waals surface area (Å²) in [6.45, 7) is 4.14. The molecule has 0 heterocycles. The van der Waals surface area contributed by atoms with E-state index in [0.717, 1.165) is 0 Å². The summed E-state index contributed by atoms with van der Waals surface area (Å²) in [5.41, 5.74) is 0.206. The molecule has 0 N–H and O–H groups in total. The Morgan fingerprint density at radius 3 is 2.36 bits per heavy atom. The summed E-state index contributed by atoms with van der Waals surface area (Å²) in [7, 11) is 0. The van der Waals surface area contributed by atoms with Crippen molar-refractivity contribution in [2.24, 2.45) is 0 Å². The van der Waals surface area contributed by atoms with Crippen LogP contribution in [0.4, 0.5) is 4.39 Å². The van der Waals surface area contributed by atoms with Gasteiger partial charge in [0.15, 0.2) is 6.61 Å². The molecule has 0 spiro atoms. The van der Waals surface area contributed by atoms with Crippen LogP contribution in [0.2, 0.25) is 0 Å². The van der Waals surface area contributed by atoms with E-state index < -0.39 is 30.3 Å². The van der Waals surface area contributed by atoms with E-state index in [1.54, 1.807) is 0 Å². The molecule has 22 heavy (non-hydrogen) atoms. The van der Waals surface area contributed by atoms with Crippen molar-refractivity contribution in [3.05, 3.63) is 42.2 Å². The number of benzene rings is 1. The van der Waals surface area contributed by atoms with Crippen molar-refractivity contribution in [3.63, 3.8) is 0 Å². The predicted molar refractivity (Wildman–Crippen MR) is 73.4 cm³/mol. The summed E-state index contributed by atoms with van der Waals surface area (Å²) in [4.78, 5) is 33.7. The van der Waals surface area contributed by atoms with Gasteiger partial charge in [0, 0.05) is 5.57 Å². The largest absolute Gasteiger partial charge is 0.482 e. The summed E-state index contributed by atoms with van der Waals surface area (Å²) >= 11 is 0. The molecule has 0 aliphatic carbocycles. The van der Waals surface area contributed by atoms with E-state index in [9.17, 15) is 18.8 Å². The Bertz CT molecular complexity index is 564. The van der Waals surface area contributed by atoms with E-state index >= 15 is 0 Å². The summed E-state index contributed by atoms with van der Waals surface area (Å²) in [6.07, 6.45) is -0.263. The number of halogens is 1. The predicted octanol–water partition coefficient (Wildman–Crippen LogP) is 1.78. The van der Waals surface area contributed by atoms with Gasteiger partial charge in [-0.15, -0.1) is 0 Å². The smallest absolute Gasteiger partial charge is 0.351 e. The Hall–Kier alpha value is -2.70. The Labute approximate surface area is 126 Å². The minimum Gasteiger partial charge on any atom is -0.482 e. The number of hydrogen-bond acceptors (Lipinski definition) is 6. The number of rotatable bonds is 7. The number of esters is 3. The molecule has 1 rings (SSSR count). The van der Waals surface area contributed by atoms with Gasteiger partial charge in [0.2, 0.25) is 0 Å². The fourth-order valence-corrected chi connectivity index (χ4v) is 1.23. The summed E-state index contributed by atoms with van der Waals surface area (Å²) in [5, 5.41) is 0. The molecular weight excluding hydrogens is 295 g/mol. The first-order valence-electron chi connectivity index (χ1n) is 6.33. The maximum absolute atomic E-state index is 12.6.